The largest absolute Gasteiger partial charge is 0.387 e. The van der Waals surface area contributed by atoms with E-state index in [0.29, 0.717) is 0 Å². The van der Waals surface area contributed by atoms with Gasteiger partial charge in [0.05, 0.1) is 6.10 Å². The number of aliphatic hydroxyl groups is 1. The van der Waals surface area contributed by atoms with Crippen molar-refractivity contribution >= 4 is 0 Å². The number of aryl methyl sites for hydroxylation is 2. The molecule has 2 heteroatoms. The molecule has 0 radical (unpaired) electrons. The van der Waals surface area contributed by atoms with Crippen LogP contribution in [0.5, 0.6) is 0 Å². The van der Waals surface area contributed by atoms with E-state index >= 15 is 0 Å². The lowest BCUT2D eigenvalue weighted by Crippen LogP contribution is -2.32. The van der Waals surface area contributed by atoms with Gasteiger partial charge >= 0.3 is 0 Å². The summed E-state index contributed by atoms with van der Waals surface area (Å²) in [6.07, 6.45) is -0.437. The molecule has 0 aliphatic carbocycles. The minimum atomic E-state index is -0.437. The molecule has 2 N–H and O–H groups in total. The molecule has 0 saturated carbocycles. The molecule has 96 valence electrons. The van der Waals surface area contributed by atoms with E-state index in [1.165, 1.54) is 22.3 Å². The molecule has 1 rings (SSSR count). The first-order chi connectivity index (χ1) is 7.90. The van der Waals surface area contributed by atoms with E-state index in [1.807, 2.05) is 6.92 Å². The molecular weight excluding hydrogens is 210 g/mol. The zero-order valence-corrected chi connectivity index (χ0v) is 11.9. The van der Waals surface area contributed by atoms with Crippen LogP contribution >= 0.6 is 0 Å². The predicted octanol–water partition coefficient (Wildman–Crippen LogP) is 2.95. The quantitative estimate of drug-likeness (QED) is 0.841. The Morgan fingerprint density at radius 3 is 2.00 bits per heavy atom. The van der Waals surface area contributed by atoms with Crippen LogP contribution in [0.1, 0.15) is 47.8 Å². The molecule has 0 amide bonds. The SMILES string of the molecule is CCNC(C)C(O)c1c(C)c(C)cc(C)c1C. The van der Waals surface area contributed by atoms with Crippen LogP contribution in [0.4, 0.5) is 0 Å². The number of likely N-dealkylation sites (N-methyl/N-ethyl adjacent to an activating group) is 1. The second-order valence-corrected chi connectivity index (χ2v) is 4.97. The summed E-state index contributed by atoms with van der Waals surface area (Å²) < 4.78 is 0. The van der Waals surface area contributed by atoms with Gasteiger partial charge in [-0.05, 0) is 69.0 Å². The number of benzene rings is 1. The van der Waals surface area contributed by atoms with Crippen molar-refractivity contribution in [2.45, 2.75) is 53.7 Å². The smallest absolute Gasteiger partial charge is 0.0945 e. The fourth-order valence-electron chi connectivity index (χ4n) is 2.37. The first-order valence-corrected chi connectivity index (χ1v) is 6.38. The van der Waals surface area contributed by atoms with Gasteiger partial charge in [-0.25, -0.2) is 0 Å². The van der Waals surface area contributed by atoms with Crippen molar-refractivity contribution in [1.29, 1.82) is 0 Å². The Bertz CT molecular complexity index is 372. The van der Waals surface area contributed by atoms with Crippen molar-refractivity contribution in [3.8, 4) is 0 Å². The van der Waals surface area contributed by atoms with Gasteiger partial charge in [-0.3, -0.25) is 0 Å². The zero-order valence-electron chi connectivity index (χ0n) is 11.9. The Labute approximate surface area is 105 Å². The highest BCUT2D eigenvalue weighted by molar-refractivity contribution is 5.45. The number of nitrogens with one attached hydrogen (secondary N) is 1. The lowest BCUT2D eigenvalue weighted by Gasteiger charge is -2.25. The fraction of sp³-hybridized carbons (Fsp3) is 0.600. The Kier molecular flexibility index (Phi) is 4.72. The summed E-state index contributed by atoms with van der Waals surface area (Å²) in [4.78, 5) is 0. The van der Waals surface area contributed by atoms with Gasteiger partial charge in [-0.2, -0.15) is 0 Å². The van der Waals surface area contributed by atoms with Gasteiger partial charge in [0.2, 0.25) is 0 Å². The molecule has 1 aromatic rings. The van der Waals surface area contributed by atoms with E-state index in [-0.39, 0.29) is 6.04 Å². The minimum absolute atomic E-state index is 0.0820. The molecule has 2 unspecified atom stereocenters. The zero-order chi connectivity index (χ0) is 13.2. The van der Waals surface area contributed by atoms with Crippen molar-refractivity contribution in [1.82, 2.24) is 5.32 Å². The van der Waals surface area contributed by atoms with E-state index in [1.54, 1.807) is 0 Å². The van der Waals surface area contributed by atoms with Crippen LogP contribution in [0.3, 0.4) is 0 Å². The summed E-state index contributed by atoms with van der Waals surface area (Å²) in [7, 11) is 0. The molecule has 1 aromatic carbocycles. The van der Waals surface area contributed by atoms with E-state index < -0.39 is 6.10 Å². The summed E-state index contributed by atoms with van der Waals surface area (Å²) >= 11 is 0. The van der Waals surface area contributed by atoms with Crippen LogP contribution in [0.25, 0.3) is 0 Å². The number of hydrogen-bond acceptors (Lipinski definition) is 2. The summed E-state index contributed by atoms with van der Waals surface area (Å²) in [5.74, 6) is 0. The molecular formula is C15H25NO. The van der Waals surface area contributed by atoms with E-state index in [0.717, 1.165) is 12.1 Å². The average molecular weight is 235 g/mol. The molecule has 2 nitrogen and oxygen atoms in total. The number of aliphatic hydroxyl groups excluding tert-OH is 1. The van der Waals surface area contributed by atoms with Crippen molar-refractivity contribution in [2.75, 3.05) is 6.54 Å². The third-order valence-corrected chi connectivity index (χ3v) is 3.72. The van der Waals surface area contributed by atoms with E-state index in [4.69, 9.17) is 0 Å². The highest BCUT2D eigenvalue weighted by Gasteiger charge is 2.21. The van der Waals surface area contributed by atoms with Gasteiger partial charge in [-0.15, -0.1) is 0 Å². The van der Waals surface area contributed by atoms with Crippen LogP contribution in [-0.4, -0.2) is 17.7 Å². The molecule has 0 bridgehead atoms. The summed E-state index contributed by atoms with van der Waals surface area (Å²) in [5, 5.41) is 13.8. The topological polar surface area (TPSA) is 32.3 Å². The average Bonchev–Trinajstić information content (AvgIpc) is 2.27. The maximum absolute atomic E-state index is 10.5. The van der Waals surface area contributed by atoms with Gasteiger partial charge in [0.1, 0.15) is 0 Å². The molecule has 0 aliphatic rings. The summed E-state index contributed by atoms with van der Waals surface area (Å²) in [6.45, 7) is 13.4. The molecule has 0 fully saturated rings. The Hall–Kier alpha value is -0.860. The van der Waals surface area contributed by atoms with Gasteiger partial charge < -0.3 is 10.4 Å². The molecule has 0 spiro atoms. The van der Waals surface area contributed by atoms with Gasteiger partial charge in [0, 0.05) is 6.04 Å². The maximum Gasteiger partial charge on any atom is 0.0945 e. The van der Waals surface area contributed by atoms with Crippen molar-refractivity contribution in [3.05, 3.63) is 33.9 Å². The Balaban J connectivity index is 3.20. The van der Waals surface area contributed by atoms with Crippen LogP contribution in [-0.2, 0) is 0 Å². The molecule has 0 aromatic heterocycles. The molecule has 2 atom stereocenters. The second kappa shape index (κ2) is 5.65. The van der Waals surface area contributed by atoms with Crippen LogP contribution < -0.4 is 5.32 Å². The van der Waals surface area contributed by atoms with E-state index in [9.17, 15) is 5.11 Å². The van der Waals surface area contributed by atoms with Crippen molar-refractivity contribution in [3.63, 3.8) is 0 Å². The first kappa shape index (κ1) is 14.2. The third-order valence-electron chi connectivity index (χ3n) is 3.72. The summed E-state index contributed by atoms with van der Waals surface area (Å²) in [6, 6.07) is 2.28. The normalized spacial score (nSPS) is 14.8. The second-order valence-electron chi connectivity index (χ2n) is 4.97. The van der Waals surface area contributed by atoms with Crippen LogP contribution in [0.15, 0.2) is 6.07 Å². The van der Waals surface area contributed by atoms with Crippen LogP contribution in [0.2, 0.25) is 0 Å². The van der Waals surface area contributed by atoms with Gasteiger partial charge in [-0.1, -0.05) is 13.0 Å². The standard InChI is InChI=1S/C15H25NO/c1-7-16-13(6)15(17)14-11(4)9(2)8-10(3)12(14)5/h8,13,15-17H,7H2,1-6H3. The highest BCUT2D eigenvalue weighted by Crippen LogP contribution is 2.29. The lowest BCUT2D eigenvalue weighted by atomic mass is 9.88. The minimum Gasteiger partial charge on any atom is -0.387 e. The predicted molar refractivity (Wildman–Crippen MR) is 73.5 cm³/mol. The first-order valence-electron chi connectivity index (χ1n) is 6.38. The number of hydrogen-bond donors (Lipinski definition) is 2. The Morgan fingerprint density at radius 1 is 1.12 bits per heavy atom. The fourth-order valence-corrected chi connectivity index (χ4v) is 2.37. The van der Waals surface area contributed by atoms with Gasteiger partial charge in [0.25, 0.3) is 0 Å². The van der Waals surface area contributed by atoms with Crippen LogP contribution in [0, 0.1) is 27.7 Å². The molecule has 0 aliphatic heterocycles. The monoisotopic (exact) mass is 235 g/mol. The third kappa shape index (κ3) is 2.88. The maximum atomic E-state index is 10.5. The summed E-state index contributed by atoms with van der Waals surface area (Å²) in [5.41, 5.74) is 6.03. The van der Waals surface area contributed by atoms with Crippen molar-refractivity contribution < 1.29 is 5.11 Å². The van der Waals surface area contributed by atoms with E-state index in [2.05, 4.69) is 46.0 Å². The van der Waals surface area contributed by atoms with Crippen molar-refractivity contribution in [2.24, 2.45) is 0 Å². The van der Waals surface area contributed by atoms with Gasteiger partial charge in [0.15, 0.2) is 0 Å². The number of rotatable bonds is 4. The highest BCUT2D eigenvalue weighted by atomic mass is 16.3. The lowest BCUT2D eigenvalue weighted by molar-refractivity contribution is 0.135. The molecule has 0 heterocycles. The molecule has 0 saturated heterocycles. The molecule has 17 heavy (non-hydrogen) atoms. The Morgan fingerprint density at radius 2 is 1.59 bits per heavy atom.